The summed E-state index contributed by atoms with van der Waals surface area (Å²) in [6.07, 6.45) is 7.67. The molecular formula is C14H14N4OS. The predicted octanol–water partition coefficient (Wildman–Crippen LogP) is 3.45. The van der Waals surface area contributed by atoms with Crippen LogP contribution in [0.3, 0.4) is 0 Å². The summed E-state index contributed by atoms with van der Waals surface area (Å²) in [7, 11) is 1.95. The van der Waals surface area contributed by atoms with Gasteiger partial charge in [-0.15, -0.1) is 0 Å². The first kappa shape index (κ1) is 11.8. The number of benzene rings is 1. The minimum absolute atomic E-state index is 0.756. The van der Waals surface area contributed by atoms with E-state index >= 15 is 0 Å². The van der Waals surface area contributed by atoms with Gasteiger partial charge in [0, 0.05) is 28.9 Å². The molecule has 0 aliphatic heterocycles. The lowest BCUT2D eigenvalue weighted by atomic mass is 10.1. The zero-order valence-corrected chi connectivity index (χ0v) is 11.9. The van der Waals surface area contributed by atoms with Crippen LogP contribution < -0.4 is 4.72 Å². The number of anilines is 1. The lowest BCUT2D eigenvalue weighted by Crippen LogP contribution is -1.93. The standard InChI is InChI=1S/C14H14N4OS/c1-18-13-5-9(17-20-10-2-3-10)4-11(12(13)6-16-18)14-7-15-8-19-14/h4-8,10,17H,2-3H2,1H3. The number of oxazole rings is 1. The van der Waals surface area contributed by atoms with Crippen molar-refractivity contribution in [3.05, 3.63) is 30.9 Å². The Morgan fingerprint density at radius 2 is 2.25 bits per heavy atom. The first-order chi connectivity index (χ1) is 9.81. The van der Waals surface area contributed by atoms with Gasteiger partial charge in [-0.25, -0.2) is 4.98 Å². The van der Waals surface area contributed by atoms with E-state index in [1.807, 2.05) is 17.9 Å². The van der Waals surface area contributed by atoms with Crippen LogP contribution >= 0.6 is 11.9 Å². The Balaban J connectivity index is 1.81. The molecule has 3 aromatic rings. The average molecular weight is 286 g/mol. The van der Waals surface area contributed by atoms with Gasteiger partial charge in [-0.3, -0.25) is 4.68 Å². The van der Waals surface area contributed by atoms with Crippen LogP contribution in [-0.4, -0.2) is 20.0 Å². The van der Waals surface area contributed by atoms with Crippen LogP contribution in [-0.2, 0) is 7.05 Å². The summed E-state index contributed by atoms with van der Waals surface area (Å²) in [6.45, 7) is 0. The van der Waals surface area contributed by atoms with E-state index < -0.39 is 0 Å². The highest BCUT2D eigenvalue weighted by atomic mass is 32.2. The number of hydrogen-bond acceptors (Lipinski definition) is 5. The molecule has 0 amide bonds. The molecule has 1 aromatic carbocycles. The van der Waals surface area contributed by atoms with Crippen molar-refractivity contribution in [1.82, 2.24) is 14.8 Å². The van der Waals surface area contributed by atoms with E-state index in [1.54, 1.807) is 18.1 Å². The van der Waals surface area contributed by atoms with E-state index in [1.165, 1.54) is 19.2 Å². The van der Waals surface area contributed by atoms with Crippen LogP contribution in [0, 0.1) is 0 Å². The third kappa shape index (κ3) is 2.06. The van der Waals surface area contributed by atoms with Gasteiger partial charge in [-0.05, 0) is 36.9 Å². The fourth-order valence-electron chi connectivity index (χ4n) is 2.20. The average Bonchev–Trinajstić information content (AvgIpc) is 2.98. The van der Waals surface area contributed by atoms with Crippen molar-refractivity contribution in [3.8, 4) is 11.3 Å². The maximum Gasteiger partial charge on any atom is 0.181 e. The van der Waals surface area contributed by atoms with Crippen LogP contribution in [0.1, 0.15) is 12.8 Å². The summed E-state index contributed by atoms with van der Waals surface area (Å²) in [6, 6.07) is 4.22. The monoisotopic (exact) mass is 286 g/mol. The normalized spacial score (nSPS) is 14.8. The number of nitrogens with zero attached hydrogens (tertiary/aromatic N) is 3. The molecule has 5 nitrogen and oxygen atoms in total. The molecule has 0 saturated heterocycles. The lowest BCUT2D eigenvalue weighted by Gasteiger charge is -2.08. The van der Waals surface area contributed by atoms with Gasteiger partial charge in [0.15, 0.2) is 12.2 Å². The number of rotatable bonds is 4. The van der Waals surface area contributed by atoms with Crippen LogP contribution in [0.5, 0.6) is 0 Å². The second kappa shape index (κ2) is 4.56. The number of fused-ring (bicyclic) bond motifs is 1. The van der Waals surface area contributed by atoms with Crippen molar-refractivity contribution in [2.75, 3.05) is 4.72 Å². The predicted molar refractivity (Wildman–Crippen MR) is 80.4 cm³/mol. The third-order valence-corrected chi connectivity index (χ3v) is 4.59. The molecule has 0 radical (unpaired) electrons. The molecule has 0 spiro atoms. The highest BCUT2D eigenvalue weighted by Gasteiger charge is 2.22. The molecule has 1 aliphatic carbocycles. The van der Waals surface area contributed by atoms with Gasteiger partial charge in [0.25, 0.3) is 0 Å². The topological polar surface area (TPSA) is 55.9 Å². The van der Waals surface area contributed by atoms with E-state index in [0.717, 1.165) is 33.2 Å². The van der Waals surface area contributed by atoms with E-state index in [0.29, 0.717) is 0 Å². The highest BCUT2D eigenvalue weighted by Crippen LogP contribution is 2.37. The second-order valence-corrected chi connectivity index (χ2v) is 6.12. The van der Waals surface area contributed by atoms with E-state index in [-0.39, 0.29) is 0 Å². The van der Waals surface area contributed by atoms with Gasteiger partial charge in [0.1, 0.15) is 0 Å². The molecule has 2 heterocycles. The molecule has 1 N–H and O–H groups in total. The summed E-state index contributed by atoms with van der Waals surface area (Å²) in [4.78, 5) is 4.01. The molecular weight excluding hydrogens is 272 g/mol. The van der Waals surface area contributed by atoms with Crippen LogP contribution in [0.25, 0.3) is 22.2 Å². The van der Waals surface area contributed by atoms with Gasteiger partial charge >= 0.3 is 0 Å². The van der Waals surface area contributed by atoms with E-state index in [9.17, 15) is 0 Å². The molecule has 1 aliphatic rings. The summed E-state index contributed by atoms with van der Waals surface area (Å²) in [5.74, 6) is 0.767. The van der Waals surface area contributed by atoms with Gasteiger partial charge in [-0.1, -0.05) is 0 Å². The Morgan fingerprint density at radius 3 is 3.00 bits per heavy atom. The van der Waals surface area contributed by atoms with Gasteiger partial charge in [0.05, 0.1) is 17.9 Å². The van der Waals surface area contributed by atoms with Crippen LogP contribution in [0.15, 0.2) is 35.3 Å². The molecule has 1 fully saturated rings. The maximum atomic E-state index is 5.45. The summed E-state index contributed by atoms with van der Waals surface area (Å²) in [5.41, 5.74) is 3.18. The van der Waals surface area contributed by atoms with Crippen molar-refractivity contribution in [1.29, 1.82) is 0 Å². The molecule has 0 atom stereocenters. The smallest absolute Gasteiger partial charge is 0.181 e. The molecule has 20 heavy (non-hydrogen) atoms. The molecule has 4 rings (SSSR count). The molecule has 6 heteroatoms. The first-order valence-corrected chi connectivity index (χ1v) is 7.45. The Kier molecular flexibility index (Phi) is 2.70. The number of hydrogen-bond donors (Lipinski definition) is 1. The molecule has 2 aromatic heterocycles. The third-order valence-electron chi connectivity index (χ3n) is 3.43. The zero-order chi connectivity index (χ0) is 13.5. The highest BCUT2D eigenvalue weighted by molar-refractivity contribution is 8.01. The van der Waals surface area contributed by atoms with E-state index in [2.05, 4.69) is 26.9 Å². The fourth-order valence-corrected chi connectivity index (χ4v) is 2.99. The van der Waals surface area contributed by atoms with Crippen LogP contribution in [0.4, 0.5) is 5.69 Å². The Hall–Kier alpha value is -1.95. The molecule has 0 unspecified atom stereocenters. The minimum Gasteiger partial charge on any atom is -0.443 e. The maximum absolute atomic E-state index is 5.45. The quantitative estimate of drug-likeness (QED) is 0.744. The first-order valence-electron chi connectivity index (χ1n) is 6.57. The Labute approximate surface area is 120 Å². The Morgan fingerprint density at radius 1 is 1.35 bits per heavy atom. The van der Waals surface area contributed by atoms with Crippen molar-refractivity contribution in [3.63, 3.8) is 0 Å². The summed E-state index contributed by atoms with van der Waals surface area (Å²) in [5, 5.41) is 6.17. The van der Waals surface area contributed by atoms with Crippen molar-refractivity contribution < 1.29 is 4.42 Å². The molecule has 102 valence electrons. The SMILES string of the molecule is Cn1ncc2c(-c3cnco3)cc(NSC3CC3)cc21. The van der Waals surface area contributed by atoms with Crippen molar-refractivity contribution in [2.45, 2.75) is 18.1 Å². The van der Waals surface area contributed by atoms with Gasteiger partial charge < -0.3 is 9.14 Å². The minimum atomic E-state index is 0.756. The number of aryl methyl sites for hydroxylation is 1. The zero-order valence-electron chi connectivity index (χ0n) is 11.0. The fraction of sp³-hybridized carbons (Fsp3) is 0.286. The second-order valence-electron chi connectivity index (χ2n) is 5.01. The molecule has 1 saturated carbocycles. The van der Waals surface area contributed by atoms with Gasteiger partial charge in [0.2, 0.25) is 0 Å². The number of nitrogens with one attached hydrogen (secondary N) is 1. The van der Waals surface area contributed by atoms with Crippen molar-refractivity contribution >= 4 is 28.5 Å². The summed E-state index contributed by atoms with van der Waals surface area (Å²) < 4.78 is 10.8. The number of aromatic nitrogens is 3. The van der Waals surface area contributed by atoms with Crippen LogP contribution in [0.2, 0.25) is 0 Å². The van der Waals surface area contributed by atoms with Crippen molar-refractivity contribution in [2.24, 2.45) is 7.05 Å². The summed E-state index contributed by atoms with van der Waals surface area (Å²) >= 11 is 1.79. The lowest BCUT2D eigenvalue weighted by molar-refractivity contribution is 0.572. The largest absolute Gasteiger partial charge is 0.443 e. The molecule has 0 bridgehead atoms. The van der Waals surface area contributed by atoms with Gasteiger partial charge in [-0.2, -0.15) is 5.10 Å². The van der Waals surface area contributed by atoms with E-state index in [4.69, 9.17) is 4.42 Å². The Bertz CT molecular complexity index is 746.